The minimum atomic E-state index is -3.51. The predicted octanol–water partition coefficient (Wildman–Crippen LogP) is 0.217. The van der Waals surface area contributed by atoms with Gasteiger partial charge in [0.25, 0.3) is 0 Å². The van der Waals surface area contributed by atoms with E-state index in [2.05, 4.69) is 15.6 Å². The predicted molar refractivity (Wildman–Crippen MR) is 89.2 cm³/mol. The lowest BCUT2D eigenvalue weighted by Gasteiger charge is -2.31. The van der Waals surface area contributed by atoms with Crippen molar-refractivity contribution in [1.82, 2.24) is 24.8 Å². The van der Waals surface area contributed by atoms with Crippen LogP contribution in [0.5, 0.6) is 0 Å². The average molecular weight is 367 g/mol. The summed E-state index contributed by atoms with van der Waals surface area (Å²) in [4.78, 5) is 28.6. The van der Waals surface area contributed by atoms with E-state index in [4.69, 9.17) is 0 Å². The zero-order chi connectivity index (χ0) is 17.9. The first kappa shape index (κ1) is 17.6. The molecule has 2 aliphatic heterocycles. The smallest absolute Gasteiger partial charge is 0.325 e. The molecule has 1 aromatic heterocycles. The summed E-state index contributed by atoms with van der Waals surface area (Å²) in [5.74, 6) is 0.190. The highest BCUT2D eigenvalue weighted by Gasteiger charge is 2.31. The minimum Gasteiger partial charge on any atom is -0.337 e. The van der Waals surface area contributed by atoms with Gasteiger partial charge in [0, 0.05) is 45.1 Å². The number of pyridine rings is 1. The molecule has 2 N–H and O–H groups in total. The van der Waals surface area contributed by atoms with Gasteiger partial charge in [0.15, 0.2) is 0 Å². The topological polar surface area (TPSA) is 112 Å². The number of carbonyl (C=O) groups excluding carboxylic acids is 2. The minimum absolute atomic E-state index is 0.190. The molecule has 3 heterocycles. The Morgan fingerprint density at radius 3 is 2.68 bits per heavy atom. The first-order chi connectivity index (χ1) is 12.0. The molecule has 136 valence electrons. The van der Waals surface area contributed by atoms with Crippen molar-refractivity contribution < 1.29 is 18.0 Å². The van der Waals surface area contributed by atoms with E-state index in [0.29, 0.717) is 45.6 Å². The maximum Gasteiger partial charge on any atom is 0.325 e. The van der Waals surface area contributed by atoms with Gasteiger partial charge < -0.3 is 10.6 Å². The molecule has 2 aliphatic rings. The van der Waals surface area contributed by atoms with Gasteiger partial charge in [-0.1, -0.05) is 0 Å². The van der Waals surface area contributed by atoms with E-state index in [9.17, 15) is 18.0 Å². The lowest BCUT2D eigenvalue weighted by atomic mass is 9.98. The SMILES string of the molecule is O=C1NCCN1C(=O)NCC1CCN(S(=O)(=O)c2cccnc2)CC1. The second-order valence-electron chi connectivity index (χ2n) is 6.11. The van der Waals surface area contributed by atoms with Crippen molar-refractivity contribution in [3.05, 3.63) is 24.5 Å². The lowest BCUT2D eigenvalue weighted by molar-refractivity contribution is 0.194. The Balaban J connectivity index is 1.49. The lowest BCUT2D eigenvalue weighted by Crippen LogP contribution is -2.45. The highest BCUT2D eigenvalue weighted by Crippen LogP contribution is 2.23. The Bertz CT molecular complexity index is 732. The van der Waals surface area contributed by atoms with E-state index >= 15 is 0 Å². The van der Waals surface area contributed by atoms with E-state index in [0.717, 1.165) is 4.90 Å². The number of urea groups is 2. The molecule has 25 heavy (non-hydrogen) atoms. The third-order valence-electron chi connectivity index (χ3n) is 4.49. The number of hydrogen-bond acceptors (Lipinski definition) is 5. The second-order valence-corrected chi connectivity index (χ2v) is 8.04. The molecule has 0 aliphatic carbocycles. The van der Waals surface area contributed by atoms with Gasteiger partial charge in [-0.25, -0.2) is 22.9 Å². The summed E-state index contributed by atoms with van der Waals surface area (Å²) in [6.07, 6.45) is 4.20. The summed E-state index contributed by atoms with van der Waals surface area (Å²) >= 11 is 0. The normalized spacial score (nSPS) is 19.7. The van der Waals surface area contributed by atoms with E-state index in [1.54, 1.807) is 6.07 Å². The van der Waals surface area contributed by atoms with Crippen LogP contribution < -0.4 is 10.6 Å². The number of amides is 4. The van der Waals surface area contributed by atoms with Crippen LogP contribution in [0.4, 0.5) is 9.59 Å². The van der Waals surface area contributed by atoms with Crippen LogP contribution in [0.3, 0.4) is 0 Å². The summed E-state index contributed by atoms with van der Waals surface area (Å²) in [6.45, 7) is 2.08. The molecule has 0 bridgehead atoms. The molecule has 4 amide bonds. The van der Waals surface area contributed by atoms with Gasteiger partial charge in [0.1, 0.15) is 4.90 Å². The fourth-order valence-corrected chi connectivity index (χ4v) is 4.43. The highest BCUT2D eigenvalue weighted by atomic mass is 32.2. The average Bonchev–Trinajstić information content (AvgIpc) is 3.07. The van der Waals surface area contributed by atoms with Gasteiger partial charge in [-0.05, 0) is 30.9 Å². The number of carbonyl (C=O) groups is 2. The summed E-state index contributed by atoms with van der Waals surface area (Å²) in [5, 5.41) is 5.33. The molecule has 0 saturated carbocycles. The molecular formula is C15H21N5O4S. The van der Waals surface area contributed by atoms with Crippen molar-refractivity contribution in [1.29, 1.82) is 0 Å². The largest absolute Gasteiger partial charge is 0.337 e. The third-order valence-corrected chi connectivity index (χ3v) is 6.37. The number of sulfonamides is 1. The Kier molecular flexibility index (Phi) is 5.19. The molecule has 0 atom stereocenters. The maximum absolute atomic E-state index is 12.5. The zero-order valence-electron chi connectivity index (χ0n) is 13.7. The standard InChI is InChI=1S/C15H21N5O4S/c21-14-17-6-9-20(14)15(22)18-10-12-3-7-19(8-4-12)25(23,24)13-2-1-5-16-11-13/h1-2,5,11-12H,3-4,6-10H2,(H,17,21)(H,18,22). The van der Waals surface area contributed by atoms with Crippen molar-refractivity contribution in [3.8, 4) is 0 Å². The van der Waals surface area contributed by atoms with Crippen molar-refractivity contribution in [2.24, 2.45) is 5.92 Å². The van der Waals surface area contributed by atoms with Crippen molar-refractivity contribution in [2.75, 3.05) is 32.7 Å². The van der Waals surface area contributed by atoms with Crippen LogP contribution in [0.2, 0.25) is 0 Å². The molecule has 0 aromatic carbocycles. The van der Waals surface area contributed by atoms with Crippen LogP contribution in [0.15, 0.2) is 29.4 Å². The van der Waals surface area contributed by atoms with E-state index in [1.807, 2.05) is 0 Å². The molecule has 2 fully saturated rings. The Labute approximate surface area is 146 Å². The summed E-state index contributed by atoms with van der Waals surface area (Å²) in [6, 6.07) is 2.36. The van der Waals surface area contributed by atoms with Gasteiger partial charge in [-0.3, -0.25) is 4.98 Å². The number of piperidine rings is 1. The number of nitrogens with one attached hydrogen (secondary N) is 2. The molecule has 3 rings (SSSR count). The van der Waals surface area contributed by atoms with Crippen LogP contribution in [-0.4, -0.2) is 67.4 Å². The molecule has 9 nitrogen and oxygen atoms in total. The molecule has 10 heteroatoms. The van der Waals surface area contributed by atoms with Crippen molar-refractivity contribution in [2.45, 2.75) is 17.7 Å². The van der Waals surface area contributed by atoms with Crippen LogP contribution in [0.1, 0.15) is 12.8 Å². The summed E-state index contributed by atoms with van der Waals surface area (Å²) in [5.41, 5.74) is 0. The monoisotopic (exact) mass is 367 g/mol. The second kappa shape index (κ2) is 7.36. The molecule has 0 radical (unpaired) electrons. The Morgan fingerprint density at radius 2 is 2.08 bits per heavy atom. The fraction of sp³-hybridized carbons (Fsp3) is 0.533. The first-order valence-electron chi connectivity index (χ1n) is 8.22. The van der Waals surface area contributed by atoms with Gasteiger partial charge in [-0.15, -0.1) is 0 Å². The number of aromatic nitrogens is 1. The third kappa shape index (κ3) is 3.90. The summed E-state index contributed by atoms with van der Waals surface area (Å²) in [7, 11) is -3.51. The molecular weight excluding hydrogens is 346 g/mol. The summed E-state index contributed by atoms with van der Waals surface area (Å²) < 4.78 is 26.5. The van der Waals surface area contributed by atoms with Crippen molar-refractivity contribution in [3.63, 3.8) is 0 Å². The van der Waals surface area contributed by atoms with Crippen LogP contribution >= 0.6 is 0 Å². The van der Waals surface area contributed by atoms with E-state index in [1.165, 1.54) is 22.8 Å². The molecule has 2 saturated heterocycles. The van der Waals surface area contributed by atoms with Crippen LogP contribution in [0.25, 0.3) is 0 Å². The zero-order valence-corrected chi connectivity index (χ0v) is 14.5. The van der Waals surface area contributed by atoms with Gasteiger partial charge in [0.05, 0.1) is 0 Å². The van der Waals surface area contributed by atoms with Crippen LogP contribution in [0, 0.1) is 5.92 Å². The van der Waals surface area contributed by atoms with Crippen molar-refractivity contribution >= 4 is 22.1 Å². The highest BCUT2D eigenvalue weighted by molar-refractivity contribution is 7.89. The van der Waals surface area contributed by atoms with Gasteiger partial charge in [-0.2, -0.15) is 4.31 Å². The first-order valence-corrected chi connectivity index (χ1v) is 9.66. The number of rotatable bonds is 4. The van der Waals surface area contributed by atoms with E-state index < -0.39 is 16.1 Å². The van der Waals surface area contributed by atoms with E-state index in [-0.39, 0.29) is 16.8 Å². The number of nitrogens with zero attached hydrogens (tertiary/aromatic N) is 3. The Morgan fingerprint density at radius 1 is 1.32 bits per heavy atom. The van der Waals surface area contributed by atoms with Crippen LogP contribution in [-0.2, 0) is 10.0 Å². The molecule has 0 spiro atoms. The fourth-order valence-electron chi connectivity index (χ4n) is 2.99. The number of imide groups is 1. The quantitative estimate of drug-likeness (QED) is 0.790. The molecule has 1 aromatic rings. The van der Waals surface area contributed by atoms with Gasteiger partial charge >= 0.3 is 12.1 Å². The maximum atomic E-state index is 12.5. The molecule has 0 unspecified atom stereocenters. The Hall–Kier alpha value is -2.20. The van der Waals surface area contributed by atoms with Gasteiger partial charge in [0.2, 0.25) is 10.0 Å². The number of hydrogen-bond donors (Lipinski definition) is 2.